The summed E-state index contributed by atoms with van der Waals surface area (Å²) in [5, 5.41) is 22.6. The van der Waals surface area contributed by atoms with Gasteiger partial charge in [0.2, 0.25) is 0 Å². The first-order valence-electron chi connectivity index (χ1n) is 9.01. The van der Waals surface area contributed by atoms with Crippen LogP contribution in [0.5, 0.6) is 0 Å². The summed E-state index contributed by atoms with van der Waals surface area (Å²) in [7, 11) is 0. The first-order valence-corrected chi connectivity index (χ1v) is 9.01. The van der Waals surface area contributed by atoms with Crippen molar-refractivity contribution in [3.63, 3.8) is 0 Å². The average molecular weight is 354 g/mol. The molecule has 138 valence electrons. The van der Waals surface area contributed by atoms with Crippen molar-refractivity contribution in [2.75, 3.05) is 19.7 Å². The fourth-order valence-electron chi connectivity index (χ4n) is 3.40. The van der Waals surface area contributed by atoms with E-state index in [1.807, 2.05) is 61.5 Å². The number of rotatable bonds is 4. The summed E-state index contributed by atoms with van der Waals surface area (Å²) in [6, 6.07) is 17.6. The van der Waals surface area contributed by atoms with Crippen LogP contribution in [0.2, 0.25) is 0 Å². The van der Waals surface area contributed by atoms with Gasteiger partial charge in [0.25, 0.3) is 0 Å². The molecule has 5 nitrogen and oxygen atoms in total. The summed E-state index contributed by atoms with van der Waals surface area (Å²) in [4.78, 5) is 14.5. The topological polar surface area (TPSA) is 72.8 Å². The van der Waals surface area contributed by atoms with E-state index in [1.54, 1.807) is 4.90 Å². The highest BCUT2D eigenvalue weighted by Crippen LogP contribution is 2.26. The maximum absolute atomic E-state index is 12.8. The Hall–Kier alpha value is -2.37. The smallest absolute Gasteiger partial charge is 0.318 e. The van der Waals surface area contributed by atoms with Crippen molar-refractivity contribution in [1.29, 1.82) is 0 Å². The Balaban J connectivity index is 1.79. The van der Waals surface area contributed by atoms with Gasteiger partial charge in [-0.25, -0.2) is 4.79 Å². The van der Waals surface area contributed by atoms with Gasteiger partial charge in [-0.3, -0.25) is 0 Å². The van der Waals surface area contributed by atoms with Gasteiger partial charge >= 0.3 is 6.03 Å². The summed E-state index contributed by atoms with van der Waals surface area (Å²) >= 11 is 0. The SMILES string of the molecule is Cc1ccccc1[C@H](NC(=O)N1CCC(O)(CO)CC1)c1ccccc1. The molecule has 3 N–H and O–H groups in total. The van der Waals surface area contributed by atoms with Crippen LogP contribution in [0.15, 0.2) is 54.6 Å². The Morgan fingerprint density at radius 1 is 1.12 bits per heavy atom. The van der Waals surface area contributed by atoms with Crippen molar-refractivity contribution in [2.24, 2.45) is 0 Å². The summed E-state index contributed by atoms with van der Waals surface area (Å²) in [6.07, 6.45) is 0.772. The Bertz CT molecular complexity index is 740. The number of benzene rings is 2. The quantitative estimate of drug-likeness (QED) is 0.790. The number of hydrogen-bond acceptors (Lipinski definition) is 3. The molecular formula is C21H26N2O3. The molecule has 2 aromatic rings. The third kappa shape index (κ3) is 4.06. The summed E-state index contributed by atoms with van der Waals surface area (Å²) in [5.74, 6) is 0. The lowest BCUT2D eigenvalue weighted by Gasteiger charge is -2.37. The molecule has 0 spiro atoms. The number of nitrogens with one attached hydrogen (secondary N) is 1. The summed E-state index contributed by atoms with van der Waals surface area (Å²) < 4.78 is 0. The highest BCUT2D eigenvalue weighted by molar-refractivity contribution is 5.75. The third-order valence-corrected chi connectivity index (χ3v) is 5.18. The molecule has 1 atom stereocenters. The van der Waals surface area contributed by atoms with Crippen molar-refractivity contribution < 1.29 is 15.0 Å². The van der Waals surface area contributed by atoms with Crippen LogP contribution in [0.4, 0.5) is 4.79 Å². The highest BCUT2D eigenvalue weighted by atomic mass is 16.3. The molecule has 26 heavy (non-hydrogen) atoms. The molecule has 1 fully saturated rings. The summed E-state index contributed by atoms with van der Waals surface area (Å²) in [6.45, 7) is 2.63. The maximum Gasteiger partial charge on any atom is 0.318 e. The van der Waals surface area contributed by atoms with E-state index >= 15 is 0 Å². The van der Waals surface area contributed by atoms with E-state index < -0.39 is 5.60 Å². The van der Waals surface area contributed by atoms with Crippen LogP contribution in [-0.2, 0) is 0 Å². The van der Waals surface area contributed by atoms with E-state index in [4.69, 9.17) is 0 Å². The van der Waals surface area contributed by atoms with E-state index in [0.717, 1.165) is 16.7 Å². The van der Waals surface area contributed by atoms with Gasteiger partial charge in [0.1, 0.15) is 0 Å². The van der Waals surface area contributed by atoms with Gasteiger partial charge in [0, 0.05) is 13.1 Å². The molecule has 3 rings (SSSR count). The van der Waals surface area contributed by atoms with Gasteiger partial charge in [-0.1, -0.05) is 54.6 Å². The van der Waals surface area contributed by atoms with Gasteiger partial charge in [0.15, 0.2) is 0 Å². The molecule has 2 aromatic carbocycles. The number of urea groups is 1. The normalized spacial score (nSPS) is 17.6. The number of carbonyl (C=O) groups excluding carboxylic acids is 1. The second kappa shape index (κ2) is 7.89. The van der Waals surface area contributed by atoms with E-state index in [-0.39, 0.29) is 18.7 Å². The van der Waals surface area contributed by atoms with E-state index in [1.165, 1.54) is 0 Å². The van der Waals surface area contributed by atoms with E-state index in [2.05, 4.69) is 5.32 Å². The lowest BCUT2D eigenvalue weighted by atomic mass is 9.92. The van der Waals surface area contributed by atoms with Crippen molar-refractivity contribution in [3.8, 4) is 0 Å². The number of likely N-dealkylation sites (tertiary alicyclic amines) is 1. The van der Waals surface area contributed by atoms with Gasteiger partial charge in [-0.15, -0.1) is 0 Å². The van der Waals surface area contributed by atoms with Crippen LogP contribution in [0.3, 0.4) is 0 Å². The zero-order valence-corrected chi connectivity index (χ0v) is 15.1. The number of piperidine rings is 1. The molecule has 0 aromatic heterocycles. The lowest BCUT2D eigenvalue weighted by molar-refractivity contribution is -0.0527. The molecule has 0 saturated carbocycles. The van der Waals surface area contributed by atoms with Gasteiger partial charge in [-0.2, -0.15) is 0 Å². The van der Waals surface area contributed by atoms with E-state index in [0.29, 0.717) is 25.9 Å². The van der Waals surface area contributed by atoms with Crippen LogP contribution in [-0.4, -0.2) is 46.4 Å². The third-order valence-electron chi connectivity index (χ3n) is 5.18. The predicted octanol–water partition coefficient (Wildman–Crippen LogP) is 2.61. The second-order valence-corrected chi connectivity index (χ2v) is 7.02. The molecule has 0 radical (unpaired) electrons. The molecule has 1 heterocycles. The van der Waals surface area contributed by atoms with Gasteiger partial charge in [-0.05, 0) is 36.5 Å². The van der Waals surface area contributed by atoms with Crippen molar-refractivity contribution >= 4 is 6.03 Å². The minimum absolute atomic E-state index is 0.151. The number of hydrogen-bond donors (Lipinski definition) is 3. The Morgan fingerprint density at radius 2 is 1.73 bits per heavy atom. The number of amides is 2. The fraction of sp³-hybridized carbons (Fsp3) is 0.381. The minimum atomic E-state index is -1.06. The fourth-order valence-corrected chi connectivity index (χ4v) is 3.40. The molecule has 5 heteroatoms. The van der Waals surface area contributed by atoms with E-state index in [9.17, 15) is 15.0 Å². The van der Waals surface area contributed by atoms with Gasteiger partial charge in [0.05, 0.1) is 18.2 Å². The Kier molecular flexibility index (Phi) is 5.59. The Labute approximate surface area is 154 Å². The molecule has 1 aliphatic heterocycles. The molecule has 1 saturated heterocycles. The predicted molar refractivity (Wildman–Crippen MR) is 101 cm³/mol. The molecular weight excluding hydrogens is 328 g/mol. The zero-order valence-electron chi connectivity index (χ0n) is 15.1. The molecule has 0 aliphatic carbocycles. The van der Waals surface area contributed by atoms with Crippen LogP contribution in [0.25, 0.3) is 0 Å². The zero-order chi connectivity index (χ0) is 18.6. The largest absolute Gasteiger partial charge is 0.393 e. The number of aliphatic hydroxyl groups is 2. The highest BCUT2D eigenvalue weighted by Gasteiger charge is 2.34. The number of nitrogens with zero attached hydrogens (tertiary/aromatic N) is 1. The number of carbonyl (C=O) groups is 1. The standard InChI is InChI=1S/C21H26N2O3/c1-16-7-5-6-10-18(16)19(17-8-3-2-4-9-17)22-20(25)23-13-11-21(26,15-24)12-14-23/h2-10,19,24,26H,11-15H2,1H3,(H,22,25)/t19-/m1/s1. The monoisotopic (exact) mass is 354 g/mol. The van der Waals surface area contributed by atoms with Crippen molar-refractivity contribution in [2.45, 2.75) is 31.4 Å². The number of aliphatic hydroxyl groups excluding tert-OH is 1. The van der Waals surface area contributed by atoms with Crippen LogP contribution < -0.4 is 5.32 Å². The molecule has 2 amide bonds. The second-order valence-electron chi connectivity index (χ2n) is 7.02. The first kappa shape index (κ1) is 18.4. The minimum Gasteiger partial charge on any atom is -0.393 e. The van der Waals surface area contributed by atoms with Crippen LogP contribution in [0.1, 0.15) is 35.6 Å². The summed E-state index contributed by atoms with van der Waals surface area (Å²) in [5.41, 5.74) is 2.15. The molecule has 1 aliphatic rings. The molecule has 0 bridgehead atoms. The van der Waals surface area contributed by atoms with Gasteiger partial charge < -0.3 is 20.4 Å². The molecule has 0 unspecified atom stereocenters. The Morgan fingerprint density at radius 3 is 2.35 bits per heavy atom. The van der Waals surface area contributed by atoms with Crippen molar-refractivity contribution in [3.05, 3.63) is 71.3 Å². The first-order chi connectivity index (χ1) is 12.5. The maximum atomic E-state index is 12.8. The van der Waals surface area contributed by atoms with Crippen molar-refractivity contribution in [1.82, 2.24) is 10.2 Å². The van der Waals surface area contributed by atoms with Crippen LogP contribution in [0, 0.1) is 6.92 Å². The van der Waals surface area contributed by atoms with Crippen LogP contribution >= 0.6 is 0 Å². The number of aryl methyl sites for hydroxylation is 1. The lowest BCUT2D eigenvalue weighted by Crippen LogP contribution is -2.51. The average Bonchev–Trinajstić information content (AvgIpc) is 2.68.